The highest BCUT2D eigenvalue weighted by molar-refractivity contribution is 5.46. The number of nitrogens with zero attached hydrogens (tertiary/aromatic N) is 1. The Labute approximate surface area is 93.9 Å². The molecule has 0 aliphatic heterocycles. The van der Waals surface area contributed by atoms with Crippen LogP contribution < -0.4 is 5.73 Å². The molecule has 0 saturated heterocycles. The molecule has 2 N–H and O–H groups in total. The highest BCUT2D eigenvalue weighted by Crippen LogP contribution is 2.16. The fourth-order valence-electron chi connectivity index (χ4n) is 1.62. The summed E-state index contributed by atoms with van der Waals surface area (Å²) in [7, 11) is 0. The second-order valence-corrected chi connectivity index (χ2v) is 3.83. The number of halogens is 1. The summed E-state index contributed by atoms with van der Waals surface area (Å²) in [6, 6.07) is 6.86. The molecule has 0 bridgehead atoms. The fraction of sp³-hybridized carbons (Fsp3) is 0.154. The van der Waals surface area contributed by atoms with Crippen molar-refractivity contribution in [3.63, 3.8) is 0 Å². The number of nitrogen functional groups attached to an aromatic ring is 1. The van der Waals surface area contributed by atoms with Gasteiger partial charge in [0.25, 0.3) is 0 Å². The first-order chi connectivity index (χ1) is 7.66. The quantitative estimate of drug-likeness (QED) is 0.838. The number of anilines is 1. The number of aryl methyl sites for hydroxylation is 1. The first kappa shape index (κ1) is 10.6. The fourth-order valence-corrected chi connectivity index (χ4v) is 1.62. The molecule has 82 valence electrons. The Morgan fingerprint density at radius 2 is 2.12 bits per heavy atom. The van der Waals surface area contributed by atoms with Gasteiger partial charge in [-0.3, -0.25) is 4.98 Å². The first-order valence-electron chi connectivity index (χ1n) is 5.10. The van der Waals surface area contributed by atoms with Crippen LogP contribution in [0.4, 0.5) is 10.1 Å². The summed E-state index contributed by atoms with van der Waals surface area (Å²) in [5.74, 6) is -0.178. The lowest BCUT2D eigenvalue weighted by Gasteiger charge is -2.06. The van der Waals surface area contributed by atoms with Crippen molar-refractivity contribution in [3.05, 3.63) is 59.2 Å². The molecule has 0 spiro atoms. The predicted octanol–water partition coefficient (Wildman–Crippen LogP) is 2.70. The average Bonchev–Trinajstić information content (AvgIpc) is 2.27. The van der Waals surface area contributed by atoms with Crippen LogP contribution in [0.25, 0.3) is 0 Å². The van der Waals surface area contributed by atoms with E-state index in [2.05, 4.69) is 4.98 Å². The molecule has 3 heteroatoms. The van der Waals surface area contributed by atoms with E-state index in [1.54, 1.807) is 31.5 Å². The van der Waals surface area contributed by atoms with Gasteiger partial charge in [0.15, 0.2) is 0 Å². The lowest BCUT2D eigenvalue weighted by Crippen LogP contribution is -1.97. The SMILES string of the molecule is Cc1cc(Cc2cnccc2N)ccc1F. The summed E-state index contributed by atoms with van der Waals surface area (Å²) in [6.07, 6.45) is 4.09. The van der Waals surface area contributed by atoms with Gasteiger partial charge >= 0.3 is 0 Å². The zero-order valence-corrected chi connectivity index (χ0v) is 9.07. The summed E-state index contributed by atoms with van der Waals surface area (Å²) in [4.78, 5) is 4.03. The number of hydrogen-bond donors (Lipinski definition) is 1. The van der Waals surface area contributed by atoms with Crippen LogP contribution in [-0.4, -0.2) is 4.98 Å². The van der Waals surface area contributed by atoms with Crippen molar-refractivity contribution >= 4 is 5.69 Å². The van der Waals surface area contributed by atoms with E-state index in [4.69, 9.17) is 5.73 Å². The Morgan fingerprint density at radius 1 is 1.31 bits per heavy atom. The van der Waals surface area contributed by atoms with Crippen molar-refractivity contribution in [1.82, 2.24) is 4.98 Å². The maximum atomic E-state index is 13.1. The van der Waals surface area contributed by atoms with Gasteiger partial charge in [-0.1, -0.05) is 12.1 Å². The number of nitrogens with two attached hydrogens (primary N) is 1. The van der Waals surface area contributed by atoms with Gasteiger partial charge in [-0.2, -0.15) is 0 Å². The zero-order valence-electron chi connectivity index (χ0n) is 9.07. The van der Waals surface area contributed by atoms with Crippen LogP contribution in [0.2, 0.25) is 0 Å². The monoisotopic (exact) mass is 216 g/mol. The molecule has 16 heavy (non-hydrogen) atoms. The highest BCUT2D eigenvalue weighted by Gasteiger charge is 2.03. The topological polar surface area (TPSA) is 38.9 Å². The van der Waals surface area contributed by atoms with Gasteiger partial charge in [-0.15, -0.1) is 0 Å². The summed E-state index contributed by atoms with van der Waals surface area (Å²) < 4.78 is 13.1. The van der Waals surface area contributed by atoms with E-state index in [0.717, 1.165) is 16.8 Å². The van der Waals surface area contributed by atoms with Crippen LogP contribution in [0.3, 0.4) is 0 Å². The van der Waals surface area contributed by atoms with E-state index in [-0.39, 0.29) is 5.82 Å². The van der Waals surface area contributed by atoms with Crippen molar-refractivity contribution in [2.75, 3.05) is 5.73 Å². The molecule has 0 radical (unpaired) electrons. The molecule has 0 unspecified atom stereocenters. The molecular weight excluding hydrogens is 203 g/mol. The molecule has 0 saturated carbocycles. The van der Waals surface area contributed by atoms with E-state index >= 15 is 0 Å². The minimum absolute atomic E-state index is 0.178. The third kappa shape index (κ3) is 2.19. The van der Waals surface area contributed by atoms with Gasteiger partial charge in [0.1, 0.15) is 5.82 Å². The Morgan fingerprint density at radius 3 is 2.81 bits per heavy atom. The van der Waals surface area contributed by atoms with Crippen molar-refractivity contribution in [2.45, 2.75) is 13.3 Å². The summed E-state index contributed by atoms with van der Waals surface area (Å²) in [5.41, 5.74) is 9.20. The van der Waals surface area contributed by atoms with Crippen molar-refractivity contribution in [2.24, 2.45) is 0 Å². The Bertz CT molecular complexity index is 509. The van der Waals surface area contributed by atoms with E-state index in [1.807, 2.05) is 6.07 Å². The minimum atomic E-state index is -0.178. The van der Waals surface area contributed by atoms with E-state index in [0.29, 0.717) is 12.0 Å². The number of benzene rings is 1. The van der Waals surface area contributed by atoms with E-state index in [9.17, 15) is 4.39 Å². The van der Waals surface area contributed by atoms with Gasteiger partial charge in [0.05, 0.1) is 0 Å². The molecule has 1 aromatic carbocycles. The normalized spacial score (nSPS) is 10.4. The molecule has 0 amide bonds. The maximum Gasteiger partial charge on any atom is 0.126 e. The molecule has 2 rings (SSSR count). The molecule has 0 fully saturated rings. The Hall–Kier alpha value is -1.90. The van der Waals surface area contributed by atoms with Crippen LogP contribution in [0, 0.1) is 12.7 Å². The zero-order chi connectivity index (χ0) is 11.5. The lowest BCUT2D eigenvalue weighted by molar-refractivity contribution is 0.618. The third-order valence-electron chi connectivity index (χ3n) is 2.56. The van der Waals surface area contributed by atoms with Gasteiger partial charge in [0.2, 0.25) is 0 Å². The largest absolute Gasteiger partial charge is 0.398 e. The highest BCUT2D eigenvalue weighted by atomic mass is 19.1. The van der Waals surface area contributed by atoms with Crippen molar-refractivity contribution in [1.29, 1.82) is 0 Å². The molecule has 1 aromatic heterocycles. The predicted molar refractivity (Wildman–Crippen MR) is 62.6 cm³/mol. The number of hydrogen-bond acceptors (Lipinski definition) is 2. The van der Waals surface area contributed by atoms with Gasteiger partial charge in [0, 0.05) is 24.5 Å². The smallest absolute Gasteiger partial charge is 0.126 e. The summed E-state index contributed by atoms with van der Waals surface area (Å²) >= 11 is 0. The second-order valence-electron chi connectivity index (χ2n) is 3.83. The average molecular weight is 216 g/mol. The molecule has 0 aliphatic carbocycles. The lowest BCUT2D eigenvalue weighted by atomic mass is 10.0. The summed E-state index contributed by atoms with van der Waals surface area (Å²) in [5, 5.41) is 0. The third-order valence-corrected chi connectivity index (χ3v) is 2.56. The molecule has 2 nitrogen and oxygen atoms in total. The van der Waals surface area contributed by atoms with E-state index < -0.39 is 0 Å². The molecular formula is C13H13FN2. The molecule has 0 atom stereocenters. The summed E-state index contributed by atoms with van der Waals surface area (Å²) in [6.45, 7) is 1.76. The van der Waals surface area contributed by atoms with Crippen LogP contribution >= 0.6 is 0 Å². The van der Waals surface area contributed by atoms with Crippen molar-refractivity contribution in [3.8, 4) is 0 Å². The molecule has 0 aliphatic rings. The van der Waals surface area contributed by atoms with Crippen molar-refractivity contribution < 1.29 is 4.39 Å². The first-order valence-corrected chi connectivity index (χ1v) is 5.10. The molecule has 1 heterocycles. The number of aromatic nitrogens is 1. The number of rotatable bonds is 2. The van der Waals surface area contributed by atoms with Crippen LogP contribution in [0.5, 0.6) is 0 Å². The van der Waals surface area contributed by atoms with Crippen LogP contribution in [0.15, 0.2) is 36.7 Å². The van der Waals surface area contributed by atoms with Crippen LogP contribution in [-0.2, 0) is 6.42 Å². The number of pyridine rings is 1. The van der Waals surface area contributed by atoms with Gasteiger partial charge in [-0.05, 0) is 35.7 Å². The molecule has 2 aromatic rings. The van der Waals surface area contributed by atoms with Crippen LogP contribution in [0.1, 0.15) is 16.7 Å². The standard InChI is InChI=1S/C13H13FN2/c1-9-6-10(2-3-12(9)14)7-11-8-16-5-4-13(11)15/h2-6,8H,7H2,1H3,(H2,15,16). The Kier molecular flexibility index (Phi) is 2.86. The maximum absolute atomic E-state index is 13.1. The second kappa shape index (κ2) is 4.31. The van der Waals surface area contributed by atoms with Gasteiger partial charge in [-0.25, -0.2) is 4.39 Å². The Balaban J connectivity index is 2.28. The van der Waals surface area contributed by atoms with E-state index in [1.165, 1.54) is 6.07 Å². The van der Waals surface area contributed by atoms with Gasteiger partial charge < -0.3 is 5.73 Å². The minimum Gasteiger partial charge on any atom is -0.398 e.